The molecule has 108 valence electrons. The van der Waals surface area contributed by atoms with E-state index in [1.165, 1.54) is 24.3 Å². The van der Waals surface area contributed by atoms with Crippen LogP contribution in [0.1, 0.15) is 30.4 Å². The first-order valence-electron chi connectivity index (χ1n) is 9.87. The molecule has 0 radical (unpaired) electrons. The number of methoxy groups -OCH3 is 1. The number of benzene rings is 1. The van der Waals surface area contributed by atoms with Crippen LogP contribution in [-0.2, 0) is 11.1 Å². The van der Waals surface area contributed by atoms with Crippen LogP contribution in [0, 0.1) is 0 Å². The number of hydrogen-bond acceptors (Lipinski definition) is 4. The minimum absolute atomic E-state index is 0.0559. The van der Waals surface area contributed by atoms with Crippen LogP contribution in [0.2, 0.25) is 0 Å². The molecule has 1 atom stereocenters. The number of nitrogens with one attached hydrogen (secondary N) is 1. The summed E-state index contributed by atoms with van der Waals surface area (Å²) in [5.74, 6) is -0.0862. The number of aliphatic hydroxyl groups excluding tert-OH is 1. The zero-order valence-corrected chi connectivity index (χ0v) is 11.2. The van der Waals surface area contributed by atoms with E-state index in [-0.39, 0.29) is 17.4 Å². The zero-order valence-electron chi connectivity index (χ0n) is 19.2. The Bertz CT molecular complexity index is 622. The Morgan fingerprint density at radius 3 is 2.58 bits per heavy atom. The van der Waals surface area contributed by atoms with Crippen molar-refractivity contribution in [1.29, 1.82) is 0 Å². The predicted octanol–water partition coefficient (Wildman–Crippen LogP) is 1.61. The van der Waals surface area contributed by atoms with E-state index in [4.69, 9.17) is 15.7 Å². The van der Waals surface area contributed by atoms with Crippen molar-refractivity contribution in [3.63, 3.8) is 0 Å². The first-order chi connectivity index (χ1) is 12.1. The standard InChI is InChI=1S/C15H25NO3/c1-12(2)16-10-14(17)11-19-15-6-4-13(5-7-15)8-9-18-3/h4-7,12,14,16-17H,8-11H2,1-3H3/i8D2,9D2,10D2,11D2. The van der Waals surface area contributed by atoms with Gasteiger partial charge in [-0.1, -0.05) is 26.0 Å². The molecule has 2 N–H and O–H groups in total. The van der Waals surface area contributed by atoms with Crippen LogP contribution in [0.25, 0.3) is 0 Å². The third-order valence-electron chi connectivity index (χ3n) is 1.95. The Morgan fingerprint density at radius 2 is 2.00 bits per heavy atom. The summed E-state index contributed by atoms with van der Waals surface area (Å²) in [7, 11) is 1.05. The minimum Gasteiger partial charge on any atom is -0.491 e. The Labute approximate surface area is 127 Å². The van der Waals surface area contributed by atoms with Gasteiger partial charge in [0, 0.05) is 25.1 Å². The highest BCUT2D eigenvalue weighted by Crippen LogP contribution is 2.12. The Kier molecular flexibility index (Phi) is 3.57. The molecule has 0 aliphatic heterocycles. The number of aliphatic hydroxyl groups is 1. The molecule has 19 heavy (non-hydrogen) atoms. The number of rotatable bonds is 9. The maximum atomic E-state index is 10.1. The van der Waals surface area contributed by atoms with E-state index in [1.807, 2.05) is 0 Å². The fraction of sp³-hybridized carbons (Fsp3) is 0.600. The number of hydrogen-bond donors (Lipinski definition) is 2. The molecule has 0 saturated heterocycles. The number of ether oxygens (including phenoxy) is 2. The van der Waals surface area contributed by atoms with Gasteiger partial charge in [0.1, 0.15) is 18.4 Å². The second-order valence-corrected chi connectivity index (χ2v) is 4.02. The van der Waals surface area contributed by atoms with Crippen LogP contribution in [0.3, 0.4) is 0 Å². The van der Waals surface area contributed by atoms with Gasteiger partial charge in [0.2, 0.25) is 0 Å². The van der Waals surface area contributed by atoms with Crippen molar-refractivity contribution in [3.8, 4) is 5.75 Å². The molecule has 0 fully saturated rings. The highest BCUT2D eigenvalue weighted by Gasteiger charge is 2.05. The molecule has 0 bridgehead atoms. The van der Waals surface area contributed by atoms with Gasteiger partial charge in [-0.05, 0) is 24.1 Å². The maximum absolute atomic E-state index is 10.1. The third-order valence-corrected chi connectivity index (χ3v) is 1.95. The molecule has 0 spiro atoms. The van der Waals surface area contributed by atoms with E-state index < -0.39 is 32.1 Å². The Hall–Kier alpha value is -1.10. The summed E-state index contributed by atoms with van der Waals surface area (Å²) in [6, 6.07) is 4.47. The quantitative estimate of drug-likeness (QED) is 0.719. The summed E-state index contributed by atoms with van der Waals surface area (Å²) < 4.78 is 71.8. The van der Waals surface area contributed by atoms with Crippen LogP contribution < -0.4 is 10.1 Å². The van der Waals surface area contributed by atoms with Gasteiger partial charge in [0.05, 0.1) is 12.0 Å². The van der Waals surface area contributed by atoms with E-state index in [0.717, 1.165) is 7.11 Å². The first kappa shape index (κ1) is 7.62. The van der Waals surface area contributed by atoms with Crippen LogP contribution in [-0.4, -0.2) is 44.0 Å². The summed E-state index contributed by atoms with van der Waals surface area (Å²) in [6.45, 7) is -4.53. The van der Waals surface area contributed by atoms with Gasteiger partial charge in [-0.3, -0.25) is 0 Å². The van der Waals surface area contributed by atoms with Crippen LogP contribution in [0.4, 0.5) is 0 Å². The highest BCUT2D eigenvalue weighted by atomic mass is 16.5. The second-order valence-electron chi connectivity index (χ2n) is 4.02. The van der Waals surface area contributed by atoms with Crippen molar-refractivity contribution in [2.24, 2.45) is 0 Å². The Balaban J connectivity index is 3.00. The molecule has 0 amide bonds. The van der Waals surface area contributed by atoms with Gasteiger partial charge >= 0.3 is 0 Å². The van der Waals surface area contributed by atoms with Crippen LogP contribution in [0.15, 0.2) is 24.3 Å². The molecule has 0 aliphatic rings. The zero-order chi connectivity index (χ0) is 21.3. The topological polar surface area (TPSA) is 50.7 Å². The largest absolute Gasteiger partial charge is 0.491 e. The van der Waals surface area contributed by atoms with Crippen molar-refractivity contribution in [2.45, 2.75) is 32.4 Å². The summed E-state index contributed by atoms with van der Waals surface area (Å²) in [5.41, 5.74) is -0.0559. The molecule has 0 aromatic heterocycles. The normalized spacial score (nSPS) is 21.9. The van der Waals surface area contributed by atoms with Crippen molar-refractivity contribution >= 4 is 0 Å². The maximum Gasteiger partial charge on any atom is 0.119 e. The lowest BCUT2D eigenvalue weighted by Gasteiger charge is -2.15. The van der Waals surface area contributed by atoms with Crippen LogP contribution in [0.5, 0.6) is 5.75 Å². The average molecular weight is 275 g/mol. The fourth-order valence-corrected chi connectivity index (χ4v) is 1.12. The molecular weight excluding hydrogens is 242 g/mol. The molecule has 1 rings (SSSR count). The van der Waals surface area contributed by atoms with E-state index >= 15 is 0 Å². The lowest BCUT2D eigenvalue weighted by Crippen LogP contribution is -2.35. The SMILES string of the molecule is [2H]C([2H])(NC(C)C)C(O)C([2H])([2H])Oc1ccc(C([2H])([2H])C([2H])([2H])OC)cc1. The van der Waals surface area contributed by atoms with Crippen LogP contribution >= 0.6 is 0 Å². The first-order valence-corrected chi connectivity index (χ1v) is 5.87. The van der Waals surface area contributed by atoms with Gasteiger partial charge in [-0.15, -0.1) is 0 Å². The molecule has 0 heterocycles. The third kappa shape index (κ3) is 7.15. The molecule has 0 saturated carbocycles. The molecule has 4 heteroatoms. The Morgan fingerprint density at radius 1 is 1.32 bits per heavy atom. The smallest absolute Gasteiger partial charge is 0.119 e. The summed E-state index contributed by atoms with van der Waals surface area (Å²) in [5, 5.41) is 12.5. The molecule has 1 aromatic carbocycles. The molecule has 0 aliphatic carbocycles. The summed E-state index contributed by atoms with van der Waals surface area (Å²) in [6.07, 6.45) is -4.63. The molecule has 4 nitrogen and oxygen atoms in total. The fourth-order valence-electron chi connectivity index (χ4n) is 1.12. The second kappa shape index (κ2) is 8.91. The average Bonchev–Trinajstić information content (AvgIpc) is 2.52. The van der Waals surface area contributed by atoms with E-state index in [2.05, 4.69) is 10.1 Å². The molecule has 1 aromatic rings. The highest BCUT2D eigenvalue weighted by molar-refractivity contribution is 5.27. The van der Waals surface area contributed by atoms with Gasteiger partial charge in [0.25, 0.3) is 0 Å². The minimum atomic E-state index is -2.78. The van der Waals surface area contributed by atoms with Crippen molar-refractivity contribution in [3.05, 3.63) is 29.8 Å². The van der Waals surface area contributed by atoms with Gasteiger partial charge in [-0.2, -0.15) is 0 Å². The molecule has 1 unspecified atom stereocenters. The van der Waals surface area contributed by atoms with Crippen molar-refractivity contribution < 1.29 is 25.5 Å². The summed E-state index contributed by atoms with van der Waals surface area (Å²) >= 11 is 0. The van der Waals surface area contributed by atoms with Gasteiger partial charge in [0.15, 0.2) is 0 Å². The monoisotopic (exact) mass is 275 g/mol. The molecular formula is C15H25NO3. The van der Waals surface area contributed by atoms with E-state index in [1.54, 1.807) is 13.8 Å². The predicted molar refractivity (Wildman–Crippen MR) is 76.7 cm³/mol. The van der Waals surface area contributed by atoms with Crippen molar-refractivity contribution in [2.75, 3.05) is 26.7 Å². The lowest BCUT2D eigenvalue weighted by atomic mass is 10.1. The van der Waals surface area contributed by atoms with E-state index in [0.29, 0.717) is 0 Å². The lowest BCUT2D eigenvalue weighted by molar-refractivity contribution is 0.104. The van der Waals surface area contributed by atoms with Gasteiger partial charge in [-0.25, -0.2) is 0 Å². The van der Waals surface area contributed by atoms with E-state index in [9.17, 15) is 5.11 Å². The van der Waals surface area contributed by atoms with Gasteiger partial charge < -0.3 is 19.9 Å². The van der Waals surface area contributed by atoms with Crippen molar-refractivity contribution in [1.82, 2.24) is 5.32 Å². The number of aryl methyl sites for hydroxylation is 1. The summed E-state index contributed by atoms with van der Waals surface area (Å²) in [4.78, 5) is 0.